The van der Waals surface area contributed by atoms with Gasteiger partial charge in [-0.05, 0) is 26.2 Å². The molecular weight excluding hydrogens is 223 g/mol. The van der Waals surface area contributed by atoms with Crippen LogP contribution in [-0.2, 0) is 4.12 Å². The predicted octanol–water partition coefficient (Wildman–Crippen LogP) is -0.254. The fraction of sp³-hybridized carbons (Fsp3) is 0.556. The van der Waals surface area contributed by atoms with Crippen LogP contribution in [-0.4, -0.2) is 15.9 Å². The van der Waals surface area contributed by atoms with Gasteiger partial charge in [0.05, 0.1) is 0 Å². The first kappa shape index (κ1) is 16.8. The molecule has 1 nitrogen and oxygen atoms in total. The van der Waals surface area contributed by atoms with E-state index in [2.05, 4.69) is 24.9 Å². The van der Waals surface area contributed by atoms with E-state index in [1.54, 1.807) is 0 Å². The standard InChI is InChI=1S/C9H14ClOSi2.Li/c1-6-7-8-9-12(2,3)11-13(4,5)10;/h9H2,2-5H3;/q-1;+1. The maximum atomic E-state index is 6.62. The quantitative estimate of drug-likeness (QED) is 0.284. The Morgan fingerprint density at radius 1 is 1.29 bits per heavy atom. The molecule has 0 aromatic rings. The molecule has 0 radical (unpaired) electrons. The Balaban J connectivity index is 0. The van der Waals surface area contributed by atoms with Crippen LogP contribution >= 0.6 is 11.1 Å². The fourth-order valence-electron chi connectivity index (χ4n) is 0.994. The van der Waals surface area contributed by atoms with Crippen molar-refractivity contribution in [2.24, 2.45) is 0 Å². The average molecular weight is 237 g/mol. The van der Waals surface area contributed by atoms with E-state index in [0.29, 0.717) is 6.04 Å². The van der Waals surface area contributed by atoms with Crippen LogP contribution in [0, 0.1) is 24.2 Å². The van der Waals surface area contributed by atoms with E-state index in [9.17, 15) is 0 Å². The molecule has 0 unspecified atom stereocenters. The summed E-state index contributed by atoms with van der Waals surface area (Å²) in [6.45, 7) is 8.09. The smallest absolute Gasteiger partial charge is 0.444 e. The third-order valence-corrected chi connectivity index (χ3v) is 7.06. The van der Waals surface area contributed by atoms with Crippen molar-refractivity contribution >= 4 is 27.0 Å². The molecule has 0 N–H and O–H groups in total. The Morgan fingerprint density at radius 2 is 1.79 bits per heavy atom. The summed E-state index contributed by atoms with van der Waals surface area (Å²) in [7, 11) is -3.70. The Labute approximate surface area is 106 Å². The van der Waals surface area contributed by atoms with E-state index in [1.807, 2.05) is 19.0 Å². The molecule has 0 aliphatic carbocycles. The second kappa shape index (κ2) is 6.81. The molecule has 5 heteroatoms. The first-order chi connectivity index (χ1) is 5.77. The van der Waals surface area contributed by atoms with Crippen LogP contribution in [0.4, 0.5) is 0 Å². The average Bonchev–Trinajstić information content (AvgIpc) is 1.81. The first-order valence-electron chi connectivity index (χ1n) is 4.05. The summed E-state index contributed by atoms with van der Waals surface area (Å²) >= 11 is 6.08. The molecule has 0 amide bonds. The summed E-state index contributed by atoms with van der Waals surface area (Å²) in [6, 6.07) is 0.710. The second-order valence-corrected chi connectivity index (χ2v) is 14.0. The predicted molar refractivity (Wildman–Crippen MR) is 61.6 cm³/mol. The van der Waals surface area contributed by atoms with Gasteiger partial charge in [0.25, 0.3) is 7.63 Å². The third-order valence-electron chi connectivity index (χ3n) is 1.18. The zero-order chi connectivity index (χ0) is 10.5. The second-order valence-electron chi connectivity index (χ2n) is 3.83. The van der Waals surface area contributed by atoms with Gasteiger partial charge < -0.3 is 10.5 Å². The maximum Gasteiger partial charge on any atom is 1.00 e. The van der Waals surface area contributed by atoms with Gasteiger partial charge in [-0.25, -0.2) is 5.92 Å². The SMILES string of the molecule is [C-]#CC#CC[Si](C)(C)O[Si](C)(C)Cl.[Li+]. The summed E-state index contributed by atoms with van der Waals surface area (Å²) in [4.78, 5) is 0. The van der Waals surface area contributed by atoms with Crippen LogP contribution in [0.5, 0.6) is 0 Å². The molecule has 0 aliphatic heterocycles. The van der Waals surface area contributed by atoms with Gasteiger partial charge in [-0.3, -0.25) is 11.8 Å². The van der Waals surface area contributed by atoms with E-state index in [4.69, 9.17) is 21.6 Å². The summed E-state index contributed by atoms with van der Waals surface area (Å²) in [5.41, 5.74) is 0. The summed E-state index contributed by atoms with van der Waals surface area (Å²) in [5.74, 6) is 7.37. The Morgan fingerprint density at radius 3 is 2.14 bits per heavy atom. The van der Waals surface area contributed by atoms with Gasteiger partial charge in [0, 0.05) is 6.04 Å². The first-order valence-corrected chi connectivity index (χ1v) is 11.1. The van der Waals surface area contributed by atoms with Crippen molar-refractivity contribution in [3.05, 3.63) is 6.42 Å². The molecule has 0 aromatic heterocycles. The van der Waals surface area contributed by atoms with Crippen molar-refractivity contribution in [2.45, 2.75) is 32.2 Å². The van der Waals surface area contributed by atoms with E-state index in [-0.39, 0.29) is 18.9 Å². The Bertz CT molecular complexity index is 267. The Kier molecular flexibility index (Phi) is 8.18. The van der Waals surface area contributed by atoms with Crippen LogP contribution in [0.25, 0.3) is 0 Å². The van der Waals surface area contributed by atoms with Crippen LogP contribution in [0.3, 0.4) is 0 Å². The third kappa shape index (κ3) is 10.5. The van der Waals surface area contributed by atoms with Gasteiger partial charge >= 0.3 is 18.9 Å². The number of hydrogen-bond donors (Lipinski definition) is 0. The molecule has 72 valence electrons. The van der Waals surface area contributed by atoms with Crippen molar-refractivity contribution in [2.75, 3.05) is 0 Å². The van der Waals surface area contributed by atoms with Crippen molar-refractivity contribution in [3.63, 3.8) is 0 Å². The van der Waals surface area contributed by atoms with Crippen molar-refractivity contribution in [3.8, 4) is 17.8 Å². The van der Waals surface area contributed by atoms with Crippen LogP contribution in [0.15, 0.2) is 0 Å². The molecule has 0 aliphatic rings. The van der Waals surface area contributed by atoms with Gasteiger partial charge in [-0.2, -0.15) is 0 Å². The molecule has 0 bridgehead atoms. The normalized spacial score (nSPS) is 10.6. The number of rotatable bonds is 3. The van der Waals surface area contributed by atoms with Gasteiger partial charge in [0.2, 0.25) is 0 Å². The van der Waals surface area contributed by atoms with E-state index >= 15 is 0 Å². The minimum Gasteiger partial charge on any atom is -0.444 e. The van der Waals surface area contributed by atoms with E-state index < -0.39 is 15.9 Å². The van der Waals surface area contributed by atoms with E-state index in [1.165, 1.54) is 0 Å². The van der Waals surface area contributed by atoms with Crippen molar-refractivity contribution < 1.29 is 23.0 Å². The number of halogens is 1. The minimum absolute atomic E-state index is 0. The molecule has 0 atom stereocenters. The van der Waals surface area contributed by atoms with Crippen LogP contribution in [0.2, 0.25) is 32.2 Å². The van der Waals surface area contributed by atoms with Gasteiger partial charge in [0.15, 0.2) is 8.32 Å². The molecule has 0 rings (SSSR count). The summed E-state index contributed by atoms with van der Waals surface area (Å²) < 4.78 is 5.82. The topological polar surface area (TPSA) is 9.23 Å². The van der Waals surface area contributed by atoms with Crippen LogP contribution in [0.1, 0.15) is 0 Å². The van der Waals surface area contributed by atoms with Crippen molar-refractivity contribution in [1.29, 1.82) is 0 Å². The zero-order valence-corrected chi connectivity index (χ0v) is 12.2. The maximum absolute atomic E-state index is 6.62. The molecular formula is C9H14ClLiOSi2. The largest absolute Gasteiger partial charge is 1.00 e. The van der Waals surface area contributed by atoms with Gasteiger partial charge in [-0.1, -0.05) is 0 Å². The zero-order valence-electron chi connectivity index (χ0n) is 9.49. The molecule has 0 saturated carbocycles. The molecule has 0 fully saturated rings. The Hall–Kier alpha value is 0.401. The van der Waals surface area contributed by atoms with E-state index in [0.717, 1.165) is 0 Å². The van der Waals surface area contributed by atoms with Gasteiger partial charge in [-0.15, -0.1) is 11.1 Å². The minimum atomic E-state index is -1.95. The number of hydrogen-bond acceptors (Lipinski definition) is 1. The molecule has 0 heterocycles. The van der Waals surface area contributed by atoms with Gasteiger partial charge in [0.1, 0.15) is 0 Å². The molecule has 0 saturated heterocycles. The molecule has 0 spiro atoms. The molecule has 0 aromatic carbocycles. The summed E-state index contributed by atoms with van der Waals surface area (Å²) in [6.07, 6.45) is 6.62. The monoisotopic (exact) mass is 236 g/mol. The van der Waals surface area contributed by atoms with Crippen molar-refractivity contribution in [1.82, 2.24) is 0 Å². The molecule has 14 heavy (non-hydrogen) atoms. The van der Waals surface area contributed by atoms with Crippen LogP contribution < -0.4 is 18.9 Å². The fourth-order valence-corrected chi connectivity index (χ4v) is 8.93. The summed E-state index contributed by atoms with van der Waals surface area (Å²) in [5, 5.41) is 0.